The van der Waals surface area contributed by atoms with Gasteiger partial charge in [0.15, 0.2) is 0 Å². The number of halogens is 3. The number of carbonyl (C=O) groups excluding carboxylic acids is 1. The Morgan fingerprint density at radius 3 is 1.94 bits per heavy atom. The fraction of sp³-hybridized carbons (Fsp3) is 0.680. The number of amides is 1. The molecule has 1 aliphatic heterocycles. The number of nitro benzene ring substituents is 1. The third-order valence-corrected chi connectivity index (χ3v) is 6.33. The van der Waals surface area contributed by atoms with Crippen molar-refractivity contribution in [3.05, 3.63) is 39.9 Å². The van der Waals surface area contributed by atoms with Gasteiger partial charge >= 0.3 is 6.18 Å². The third kappa shape index (κ3) is 8.30. The van der Waals surface area contributed by atoms with Gasteiger partial charge in [0.25, 0.3) is 17.3 Å². The summed E-state index contributed by atoms with van der Waals surface area (Å²) in [6.45, 7) is 2.20. The minimum Gasteiger partial charge on any atom is -0.362 e. The van der Waals surface area contributed by atoms with Crippen molar-refractivity contribution < 1.29 is 28.0 Å². The number of hydrogen-bond donors (Lipinski definition) is 1. The van der Waals surface area contributed by atoms with E-state index in [0.717, 1.165) is 49.9 Å². The molecule has 196 valence electrons. The van der Waals surface area contributed by atoms with Gasteiger partial charge in [-0.1, -0.05) is 77.6 Å². The van der Waals surface area contributed by atoms with Gasteiger partial charge in [0.05, 0.1) is 4.92 Å². The summed E-state index contributed by atoms with van der Waals surface area (Å²) in [5, 5.41) is 25.1. The molecule has 0 aromatic heterocycles. The molecule has 0 saturated heterocycles. The first-order valence-corrected chi connectivity index (χ1v) is 12.5. The number of hydrogen-bond acceptors (Lipinski definition) is 5. The van der Waals surface area contributed by atoms with E-state index in [2.05, 4.69) is 12.0 Å². The lowest BCUT2D eigenvalue weighted by molar-refractivity contribution is -0.384. The fourth-order valence-electron chi connectivity index (χ4n) is 4.21. The van der Waals surface area contributed by atoms with Gasteiger partial charge in [-0.15, -0.1) is 0 Å². The molecule has 1 atom stereocenters. The smallest absolute Gasteiger partial charge is 0.362 e. The summed E-state index contributed by atoms with van der Waals surface area (Å²) in [4.78, 5) is 22.8. The summed E-state index contributed by atoms with van der Waals surface area (Å²) >= 11 is 0. The second-order valence-corrected chi connectivity index (χ2v) is 9.22. The van der Waals surface area contributed by atoms with Crippen molar-refractivity contribution in [2.45, 2.75) is 109 Å². The quantitative estimate of drug-likeness (QED) is 0.158. The maximum absolute atomic E-state index is 13.7. The Morgan fingerprint density at radius 2 is 1.49 bits per heavy atom. The number of non-ortho nitro benzene ring substituents is 1. The Kier molecular flexibility index (Phi) is 11.1. The molecule has 0 unspecified atom stereocenters. The highest BCUT2D eigenvalue weighted by Gasteiger charge is 2.63. The highest BCUT2D eigenvalue weighted by Crippen LogP contribution is 2.41. The molecule has 0 radical (unpaired) electrons. The topological polar surface area (TPSA) is 96.0 Å². The van der Waals surface area contributed by atoms with Crippen LogP contribution in [0.1, 0.15) is 107 Å². The Labute approximate surface area is 204 Å². The molecule has 1 amide bonds. The van der Waals surface area contributed by atoms with Gasteiger partial charge in [-0.25, -0.2) is 0 Å². The summed E-state index contributed by atoms with van der Waals surface area (Å²) < 4.78 is 41.1. The van der Waals surface area contributed by atoms with Crippen LogP contribution in [0.3, 0.4) is 0 Å². The molecule has 7 nitrogen and oxygen atoms in total. The maximum atomic E-state index is 13.7. The SMILES string of the molecule is CCCCCCCCCCCCCCC1=NN(C(=O)c2ccc([N+](=O)[O-])cc2)[C@@](O)(C(F)(F)F)C1. The zero-order chi connectivity index (χ0) is 25.9. The van der Waals surface area contributed by atoms with Crippen LogP contribution >= 0.6 is 0 Å². The number of nitrogens with zero attached hydrogens (tertiary/aromatic N) is 3. The van der Waals surface area contributed by atoms with Crippen molar-refractivity contribution in [2.24, 2.45) is 5.10 Å². The normalized spacial score (nSPS) is 18.1. The first-order valence-electron chi connectivity index (χ1n) is 12.5. The maximum Gasteiger partial charge on any atom is 0.438 e. The highest BCUT2D eigenvalue weighted by atomic mass is 19.4. The van der Waals surface area contributed by atoms with Crippen molar-refractivity contribution >= 4 is 17.3 Å². The molecule has 2 rings (SSSR count). The van der Waals surface area contributed by atoms with Crippen molar-refractivity contribution in [1.82, 2.24) is 5.01 Å². The molecular weight excluding hydrogens is 463 g/mol. The Balaban J connectivity index is 1.83. The highest BCUT2D eigenvalue weighted by molar-refractivity contribution is 5.98. The average molecular weight is 500 g/mol. The van der Waals surface area contributed by atoms with E-state index in [0.29, 0.717) is 6.42 Å². The van der Waals surface area contributed by atoms with E-state index >= 15 is 0 Å². The Hall–Kier alpha value is -2.49. The van der Waals surface area contributed by atoms with Crippen molar-refractivity contribution in [1.29, 1.82) is 0 Å². The summed E-state index contributed by atoms with van der Waals surface area (Å²) in [6.07, 6.45) is 7.92. The van der Waals surface area contributed by atoms with Crippen LogP contribution in [0.4, 0.5) is 18.9 Å². The lowest BCUT2D eigenvalue weighted by Gasteiger charge is -2.32. The fourth-order valence-corrected chi connectivity index (χ4v) is 4.21. The second kappa shape index (κ2) is 13.6. The Morgan fingerprint density at radius 1 is 1.00 bits per heavy atom. The largest absolute Gasteiger partial charge is 0.438 e. The van der Waals surface area contributed by atoms with Gasteiger partial charge in [0.2, 0.25) is 0 Å². The molecule has 10 heteroatoms. The van der Waals surface area contributed by atoms with Crippen LogP contribution < -0.4 is 0 Å². The summed E-state index contributed by atoms with van der Waals surface area (Å²) in [5.41, 5.74) is -3.84. The molecule has 1 N–H and O–H groups in total. The molecular formula is C25H36F3N3O4. The van der Waals surface area contributed by atoms with Crippen LogP contribution in [0.2, 0.25) is 0 Å². The van der Waals surface area contributed by atoms with E-state index in [9.17, 15) is 33.2 Å². The van der Waals surface area contributed by atoms with Gasteiger partial charge in [-0.05, 0) is 25.0 Å². The zero-order valence-electron chi connectivity index (χ0n) is 20.4. The van der Waals surface area contributed by atoms with Crippen LogP contribution in [-0.4, -0.2) is 38.6 Å². The van der Waals surface area contributed by atoms with E-state index in [1.165, 1.54) is 44.9 Å². The summed E-state index contributed by atoms with van der Waals surface area (Å²) in [7, 11) is 0. The second-order valence-electron chi connectivity index (χ2n) is 9.22. The molecule has 0 fully saturated rings. The zero-order valence-corrected chi connectivity index (χ0v) is 20.4. The number of alkyl halides is 3. The number of unbranched alkanes of at least 4 members (excludes halogenated alkanes) is 11. The predicted octanol–water partition coefficient (Wildman–Crippen LogP) is 7.14. The monoisotopic (exact) mass is 499 g/mol. The number of rotatable bonds is 15. The van der Waals surface area contributed by atoms with E-state index in [1.54, 1.807) is 0 Å². The number of aliphatic hydroxyl groups is 1. The van der Waals surface area contributed by atoms with E-state index in [4.69, 9.17) is 0 Å². The molecule has 0 aliphatic carbocycles. The van der Waals surface area contributed by atoms with Crippen LogP contribution in [0.15, 0.2) is 29.4 Å². The van der Waals surface area contributed by atoms with Crippen molar-refractivity contribution in [2.75, 3.05) is 0 Å². The van der Waals surface area contributed by atoms with E-state index < -0.39 is 29.2 Å². The Bertz CT molecular complexity index is 859. The van der Waals surface area contributed by atoms with Crippen LogP contribution in [0, 0.1) is 10.1 Å². The first-order chi connectivity index (χ1) is 16.6. The van der Waals surface area contributed by atoms with E-state index in [1.807, 2.05) is 0 Å². The molecule has 0 spiro atoms. The minimum atomic E-state index is -5.11. The molecule has 0 bridgehead atoms. The van der Waals surface area contributed by atoms with Crippen LogP contribution in [0.25, 0.3) is 0 Å². The standard InChI is InChI=1S/C25H36F3N3O4/c1-2-3-4-5-6-7-8-9-10-11-12-13-14-21-19-24(33,25(26,27)28)30(29-21)23(32)20-15-17-22(18-16-20)31(34)35/h15-18,33H,2-14,19H2,1H3/t24-/m0/s1. The molecule has 35 heavy (non-hydrogen) atoms. The van der Waals surface area contributed by atoms with Gasteiger partial charge in [0.1, 0.15) is 0 Å². The molecule has 1 aliphatic rings. The molecule has 1 aromatic rings. The number of carbonyl (C=O) groups is 1. The summed E-state index contributed by atoms with van der Waals surface area (Å²) in [5.74, 6) is -1.16. The minimum absolute atomic E-state index is 0.0734. The third-order valence-electron chi connectivity index (χ3n) is 6.33. The van der Waals surface area contributed by atoms with E-state index in [-0.39, 0.29) is 28.4 Å². The van der Waals surface area contributed by atoms with Crippen molar-refractivity contribution in [3.63, 3.8) is 0 Å². The first kappa shape index (κ1) is 28.7. The number of hydrazone groups is 1. The molecule has 1 aromatic carbocycles. The van der Waals surface area contributed by atoms with Crippen LogP contribution in [-0.2, 0) is 0 Å². The predicted molar refractivity (Wildman–Crippen MR) is 128 cm³/mol. The number of nitro groups is 1. The summed E-state index contributed by atoms with van der Waals surface area (Å²) in [6, 6.07) is 4.14. The molecule has 1 heterocycles. The number of benzene rings is 1. The lowest BCUT2D eigenvalue weighted by Crippen LogP contribution is -2.56. The van der Waals surface area contributed by atoms with Gasteiger partial charge in [-0.2, -0.15) is 23.3 Å². The molecule has 0 saturated carbocycles. The average Bonchev–Trinajstić information content (AvgIpc) is 3.17. The van der Waals surface area contributed by atoms with Crippen molar-refractivity contribution in [3.8, 4) is 0 Å². The van der Waals surface area contributed by atoms with Gasteiger partial charge in [0, 0.05) is 29.8 Å². The lowest BCUT2D eigenvalue weighted by atomic mass is 10.0. The van der Waals surface area contributed by atoms with Crippen LogP contribution in [0.5, 0.6) is 0 Å². The van der Waals surface area contributed by atoms with Gasteiger partial charge in [-0.3, -0.25) is 14.9 Å². The van der Waals surface area contributed by atoms with Gasteiger partial charge < -0.3 is 5.11 Å².